The Morgan fingerprint density at radius 1 is 0.978 bits per heavy atom. The summed E-state index contributed by atoms with van der Waals surface area (Å²) in [6, 6.07) is 14.5. The van der Waals surface area contributed by atoms with Crippen molar-refractivity contribution in [2.24, 2.45) is 0 Å². The van der Waals surface area contributed by atoms with Crippen molar-refractivity contribution in [3.63, 3.8) is 0 Å². The number of para-hydroxylation sites is 1. The van der Waals surface area contributed by atoms with Gasteiger partial charge in [-0.15, -0.1) is 21.5 Å². The lowest BCUT2D eigenvalue weighted by atomic mass is 10.1. The molecule has 2 amide bonds. The largest absolute Gasteiger partial charge is 0.484 e. The van der Waals surface area contributed by atoms with Crippen LogP contribution in [0.4, 0.5) is 9.39 Å². The van der Waals surface area contributed by atoms with Gasteiger partial charge in [0.25, 0.3) is 5.91 Å². The van der Waals surface area contributed by atoms with Crippen LogP contribution in [0.5, 0.6) is 5.75 Å². The van der Waals surface area contributed by atoms with Gasteiger partial charge < -0.3 is 24.8 Å². The molecule has 0 fully saturated rings. The van der Waals surface area contributed by atoms with Gasteiger partial charge in [-0.1, -0.05) is 30.0 Å². The van der Waals surface area contributed by atoms with Crippen LogP contribution in [0, 0.1) is 12.7 Å². The van der Waals surface area contributed by atoms with Crippen molar-refractivity contribution in [3.8, 4) is 11.4 Å². The van der Waals surface area contributed by atoms with Crippen LogP contribution < -0.4 is 15.4 Å². The highest BCUT2D eigenvalue weighted by Gasteiger charge is 2.29. The zero-order valence-corrected chi connectivity index (χ0v) is 27.1. The number of carbonyl (C=O) groups is 4. The molecule has 12 nitrogen and oxygen atoms in total. The number of anilines is 1. The molecule has 1 atom stereocenters. The lowest BCUT2D eigenvalue weighted by molar-refractivity contribution is -0.123. The first-order valence-corrected chi connectivity index (χ1v) is 15.9. The molecule has 0 saturated heterocycles. The quantitative estimate of drug-likeness (QED) is 0.140. The van der Waals surface area contributed by atoms with E-state index < -0.39 is 34.8 Å². The van der Waals surface area contributed by atoms with E-state index in [2.05, 4.69) is 20.8 Å². The fourth-order valence-corrected chi connectivity index (χ4v) is 6.08. The molecule has 0 aliphatic rings. The minimum atomic E-state index is -0.784. The Balaban J connectivity index is 1.53. The molecule has 2 aromatic heterocycles. The van der Waals surface area contributed by atoms with Crippen LogP contribution in [-0.4, -0.2) is 63.6 Å². The number of carbonyl (C=O) groups excluding carboxylic acids is 4. The van der Waals surface area contributed by atoms with Crippen LogP contribution in [0.3, 0.4) is 0 Å². The summed E-state index contributed by atoms with van der Waals surface area (Å²) in [6.07, 6.45) is 0. The van der Waals surface area contributed by atoms with Crippen LogP contribution >= 0.6 is 23.1 Å². The summed E-state index contributed by atoms with van der Waals surface area (Å²) in [5.41, 5.74) is 0.919. The smallest absolute Gasteiger partial charge is 0.348 e. The van der Waals surface area contributed by atoms with Gasteiger partial charge in [0.2, 0.25) is 5.91 Å². The zero-order valence-electron chi connectivity index (χ0n) is 25.5. The van der Waals surface area contributed by atoms with Crippen molar-refractivity contribution >= 4 is 51.9 Å². The number of thiophene rings is 1. The maximum atomic E-state index is 13.8. The first kappa shape index (κ1) is 34.1. The van der Waals surface area contributed by atoms with E-state index in [1.54, 1.807) is 56.5 Å². The standard InChI is InChI=1S/C31H32FN5O7S2/c1-5-42-29(40)25-18(3)26(30(41)43-6-2)46-28(25)34-27(39)19(4)45-31-36-35-23(37(31)21-14-12-20(32)13-15-21)16-33-24(38)17-44-22-10-8-7-9-11-22/h7-15,19H,5-6,16-17H2,1-4H3,(H,33,38)(H,34,39)/t19-/m0/s1. The van der Waals surface area contributed by atoms with Gasteiger partial charge in [-0.25, -0.2) is 14.0 Å². The second-order valence-corrected chi connectivity index (χ2v) is 11.9. The summed E-state index contributed by atoms with van der Waals surface area (Å²) in [7, 11) is 0. The topological polar surface area (TPSA) is 151 Å². The van der Waals surface area contributed by atoms with E-state index in [0.717, 1.165) is 23.1 Å². The molecule has 15 heteroatoms. The Bertz CT molecular complexity index is 1690. The number of hydrogen-bond donors (Lipinski definition) is 2. The number of thioether (sulfide) groups is 1. The number of ether oxygens (including phenoxy) is 3. The summed E-state index contributed by atoms with van der Waals surface area (Å²) in [5, 5.41) is 13.6. The van der Waals surface area contributed by atoms with Gasteiger partial charge in [-0.05, 0) is 69.7 Å². The number of amides is 2. The van der Waals surface area contributed by atoms with Crippen molar-refractivity contribution in [2.45, 2.75) is 44.6 Å². The molecule has 4 aromatic rings. The molecular weight excluding hydrogens is 638 g/mol. The number of benzene rings is 2. The van der Waals surface area contributed by atoms with Crippen molar-refractivity contribution in [1.29, 1.82) is 0 Å². The molecule has 2 heterocycles. The Hall–Kier alpha value is -4.76. The second-order valence-electron chi connectivity index (χ2n) is 9.54. The molecule has 0 unspecified atom stereocenters. The molecule has 2 N–H and O–H groups in total. The minimum Gasteiger partial charge on any atom is -0.484 e. The third-order valence-corrected chi connectivity index (χ3v) is 8.55. The highest BCUT2D eigenvalue weighted by Crippen LogP contribution is 2.35. The molecule has 46 heavy (non-hydrogen) atoms. The summed E-state index contributed by atoms with van der Waals surface area (Å²) in [4.78, 5) is 51.3. The SMILES string of the molecule is CCOC(=O)c1sc(NC(=O)[C@H](C)Sc2nnc(CNC(=O)COc3ccccc3)n2-c2ccc(F)cc2)c(C(=O)OCC)c1C. The van der Waals surface area contributed by atoms with Gasteiger partial charge >= 0.3 is 11.9 Å². The maximum Gasteiger partial charge on any atom is 0.348 e. The van der Waals surface area contributed by atoms with Gasteiger partial charge in [0.15, 0.2) is 17.6 Å². The van der Waals surface area contributed by atoms with E-state index in [9.17, 15) is 23.6 Å². The van der Waals surface area contributed by atoms with Crippen LogP contribution in [0.25, 0.3) is 5.69 Å². The van der Waals surface area contributed by atoms with Crippen molar-refractivity contribution in [3.05, 3.63) is 82.2 Å². The highest BCUT2D eigenvalue weighted by molar-refractivity contribution is 8.00. The number of aromatic nitrogens is 3. The average molecular weight is 670 g/mol. The van der Waals surface area contributed by atoms with Crippen molar-refractivity contribution in [2.75, 3.05) is 25.1 Å². The minimum absolute atomic E-state index is 0.0312. The van der Waals surface area contributed by atoms with Gasteiger partial charge in [0.05, 0.1) is 30.6 Å². The van der Waals surface area contributed by atoms with Crippen LogP contribution in [-0.2, 0) is 25.6 Å². The van der Waals surface area contributed by atoms with E-state index in [4.69, 9.17) is 14.2 Å². The van der Waals surface area contributed by atoms with Gasteiger partial charge in [-0.3, -0.25) is 14.2 Å². The van der Waals surface area contributed by atoms with Crippen molar-refractivity contribution in [1.82, 2.24) is 20.1 Å². The van der Waals surface area contributed by atoms with Gasteiger partial charge in [-0.2, -0.15) is 0 Å². The number of esters is 2. The maximum absolute atomic E-state index is 13.8. The molecule has 242 valence electrons. The number of nitrogens with zero attached hydrogens (tertiary/aromatic N) is 3. The normalized spacial score (nSPS) is 11.4. The van der Waals surface area contributed by atoms with Gasteiger partial charge in [0.1, 0.15) is 21.4 Å². The fourth-order valence-electron chi connectivity index (χ4n) is 4.10. The molecule has 0 aliphatic heterocycles. The third-order valence-electron chi connectivity index (χ3n) is 6.32. The molecular formula is C31H32FN5O7S2. The number of halogens is 1. The van der Waals surface area contributed by atoms with E-state index >= 15 is 0 Å². The molecule has 0 saturated carbocycles. The van der Waals surface area contributed by atoms with Crippen LogP contribution in [0.15, 0.2) is 59.8 Å². The summed E-state index contributed by atoms with van der Waals surface area (Å²) in [6.45, 7) is 6.52. The van der Waals surface area contributed by atoms with Crippen molar-refractivity contribution < 1.29 is 37.8 Å². The molecule has 0 aliphatic carbocycles. The average Bonchev–Trinajstić information content (AvgIpc) is 3.59. The first-order valence-electron chi connectivity index (χ1n) is 14.2. The summed E-state index contributed by atoms with van der Waals surface area (Å²) in [5.74, 6) is -1.76. The molecule has 0 radical (unpaired) electrons. The van der Waals surface area contributed by atoms with Gasteiger partial charge in [0, 0.05) is 5.69 Å². The molecule has 4 rings (SSSR count). The monoisotopic (exact) mass is 669 g/mol. The highest BCUT2D eigenvalue weighted by atomic mass is 32.2. The first-order chi connectivity index (χ1) is 22.1. The number of rotatable bonds is 14. The number of nitrogens with one attached hydrogen (secondary N) is 2. The number of hydrogen-bond acceptors (Lipinski definition) is 11. The fraction of sp³-hybridized carbons (Fsp3) is 0.290. The van der Waals surface area contributed by atoms with Crippen LogP contribution in [0.1, 0.15) is 52.2 Å². The molecule has 0 bridgehead atoms. The lowest BCUT2D eigenvalue weighted by Crippen LogP contribution is -2.29. The Labute approximate surface area is 272 Å². The predicted molar refractivity (Wildman–Crippen MR) is 170 cm³/mol. The van der Waals surface area contributed by atoms with E-state index in [1.807, 2.05) is 6.07 Å². The summed E-state index contributed by atoms with van der Waals surface area (Å²) < 4.78 is 31.1. The lowest BCUT2D eigenvalue weighted by Gasteiger charge is -2.14. The summed E-state index contributed by atoms with van der Waals surface area (Å²) >= 11 is 1.97. The van der Waals surface area contributed by atoms with E-state index in [-0.39, 0.29) is 41.8 Å². The molecule has 2 aromatic carbocycles. The van der Waals surface area contributed by atoms with Crippen LogP contribution in [0.2, 0.25) is 0 Å². The Kier molecular flexibility index (Phi) is 11.9. The Morgan fingerprint density at radius 2 is 1.65 bits per heavy atom. The second kappa shape index (κ2) is 16.0. The zero-order chi connectivity index (χ0) is 33.2. The van der Waals surface area contributed by atoms with E-state index in [0.29, 0.717) is 28.0 Å². The molecule has 0 spiro atoms. The Morgan fingerprint density at radius 3 is 2.33 bits per heavy atom. The third kappa shape index (κ3) is 8.48. The predicted octanol–water partition coefficient (Wildman–Crippen LogP) is 4.94. The van der Waals surface area contributed by atoms with E-state index in [1.165, 1.54) is 24.3 Å².